The minimum Gasteiger partial charge on any atom is -0.447 e. The molecule has 80 valence electrons. The van der Waals surface area contributed by atoms with Crippen LogP contribution < -0.4 is 5.32 Å². The van der Waals surface area contributed by atoms with Gasteiger partial charge < -0.3 is 10.1 Å². The topological polar surface area (TPSA) is 38.3 Å². The van der Waals surface area contributed by atoms with E-state index in [1.165, 1.54) is 11.1 Å². The lowest BCUT2D eigenvalue weighted by Crippen LogP contribution is -2.37. The van der Waals surface area contributed by atoms with Crippen LogP contribution in [0.1, 0.15) is 23.6 Å². The second-order valence-corrected chi connectivity index (χ2v) is 4.35. The van der Waals surface area contributed by atoms with Gasteiger partial charge in [-0.2, -0.15) is 0 Å². The smallest absolute Gasteiger partial charge is 0.408 e. The maximum absolute atomic E-state index is 11.1. The van der Waals surface area contributed by atoms with Gasteiger partial charge in [-0.3, -0.25) is 0 Å². The van der Waals surface area contributed by atoms with Crippen molar-refractivity contribution in [2.24, 2.45) is 0 Å². The van der Waals surface area contributed by atoms with Gasteiger partial charge in [0.2, 0.25) is 0 Å². The number of hydrogen-bond acceptors (Lipinski definition) is 2. The second kappa shape index (κ2) is 3.26. The largest absolute Gasteiger partial charge is 0.447 e. The van der Waals surface area contributed by atoms with E-state index in [0.29, 0.717) is 6.61 Å². The highest BCUT2D eigenvalue weighted by Crippen LogP contribution is 2.28. The Labute approximate surface area is 89.4 Å². The van der Waals surface area contributed by atoms with Crippen molar-refractivity contribution in [3.8, 4) is 0 Å². The zero-order valence-electron chi connectivity index (χ0n) is 9.26. The molecule has 0 aliphatic carbocycles. The molecule has 1 fully saturated rings. The van der Waals surface area contributed by atoms with Crippen molar-refractivity contribution in [3.63, 3.8) is 0 Å². The fourth-order valence-corrected chi connectivity index (χ4v) is 1.98. The third kappa shape index (κ3) is 1.69. The van der Waals surface area contributed by atoms with Crippen molar-refractivity contribution in [1.29, 1.82) is 0 Å². The fraction of sp³-hybridized carbons (Fsp3) is 0.417. The first-order valence-corrected chi connectivity index (χ1v) is 5.04. The lowest BCUT2D eigenvalue weighted by Gasteiger charge is -2.24. The Morgan fingerprint density at radius 2 is 2.13 bits per heavy atom. The third-order valence-electron chi connectivity index (χ3n) is 2.86. The lowest BCUT2D eigenvalue weighted by molar-refractivity contribution is 0.173. The van der Waals surface area contributed by atoms with Crippen LogP contribution in [-0.2, 0) is 10.3 Å². The van der Waals surface area contributed by atoms with Crippen molar-refractivity contribution in [2.75, 3.05) is 6.61 Å². The van der Waals surface area contributed by atoms with E-state index < -0.39 is 0 Å². The summed E-state index contributed by atoms with van der Waals surface area (Å²) in [5.41, 5.74) is 3.12. The van der Waals surface area contributed by atoms with Crippen LogP contribution >= 0.6 is 0 Å². The number of amides is 1. The number of hydrogen-bond donors (Lipinski definition) is 1. The van der Waals surface area contributed by atoms with Crippen LogP contribution in [0.5, 0.6) is 0 Å². The molecule has 3 nitrogen and oxygen atoms in total. The van der Waals surface area contributed by atoms with Gasteiger partial charge in [0.05, 0.1) is 0 Å². The van der Waals surface area contributed by atoms with E-state index in [2.05, 4.69) is 23.5 Å². The molecule has 1 heterocycles. The lowest BCUT2D eigenvalue weighted by atomic mass is 9.89. The molecule has 0 bridgehead atoms. The van der Waals surface area contributed by atoms with Crippen LogP contribution in [0.15, 0.2) is 18.2 Å². The van der Waals surface area contributed by atoms with Gasteiger partial charge in [-0.15, -0.1) is 0 Å². The number of carbonyl (C=O) groups excluding carboxylic acids is 1. The van der Waals surface area contributed by atoms with Crippen LogP contribution in [0.4, 0.5) is 4.79 Å². The molecule has 0 aromatic heterocycles. The predicted octanol–water partition coefficient (Wildman–Crippen LogP) is 2.26. The Morgan fingerprint density at radius 3 is 2.73 bits per heavy atom. The molecule has 1 atom stereocenters. The molecule has 1 saturated heterocycles. The molecule has 3 heteroatoms. The van der Waals surface area contributed by atoms with Gasteiger partial charge in [0.15, 0.2) is 0 Å². The zero-order valence-corrected chi connectivity index (χ0v) is 9.26. The summed E-state index contributed by atoms with van der Waals surface area (Å²) in [6.45, 7) is 6.48. The minimum absolute atomic E-state index is 0.335. The number of nitrogens with one attached hydrogen (secondary N) is 1. The van der Waals surface area contributed by atoms with Crippen LogP contribution in [0.25, 0.3) is 0 Å². The maximum Gasteiger partial charge on any atom is 0.408 e. The van der Waals surface area contributed by atoms with E-state index in [-0.39, 0.29) is 11.6 Å². The molecule has 0 spiro atoms. The molecular weight excluding hydrogens is 190 g/mol. The van der Waals surface area contributed by atoms with Gasteiger partial charge in [0, 0.05) is 0 Å². The number of carbonyl (C=O) groups is 1. The predicted molar refractivity (Wildman–Crippen MR) is 57.8 cm³/mol. The van der Waals surface area contributed by atoms with E-state index in [9.17, 15) is 4.79 Å². The molecule has 1 aliphatic rings. The maximum atomic E-state index is 11.1. The highest BCUT2D eigenvalue weighted by molar-refractivity contribution is 5.71. The van der Waals surface area contributed by atoms with Crippen LogP contribution in [0.2, 0.25) is 0 Å². The van der Waals surface area contributed by atoms with Crippen molar-refractivity contribution >= 4 is 6.09 Å². The number of aryl methyl sites for hydroxylation is 2. The molecule has 0 saturated carbocycles. The zero-order chi connectivity index (χ0) is 11.1. The number of cyclic esters (lactones) is 1. The average molecular weight is 205 g/mol. The number of alkyl carbamates (subject to hydrolysis) is 1. The van der Waals surface area contributed by atoms with Crippen LogP contribution in [0, 0.1) is 13.8 Å². The summed E-state index contributed by atoms with van der Waals surface area (Å²) < 4.78 is 4.97. The van der Waals surface area contributed by atoms with E-state index in [1.807, 2.05) is 20.8 Å². The summed E-state index contributed by atoms with van der Waals surface area (Å²) in [6, 6.07) is 6.24. The Morgan fingerprint density at radius 1 is 1.40 bits per heavy atom. The Hall–Kier alpha value is -1.51. The summed E-state index contributed by atoms with van der Waals surface area (Å²) in [5, 5.41) is 2.85. The van der Waals surface area contributed by atoms with E-state index in [1.54, 1.807) is 0 Å². The first kappa shape index (κ1) is 10.0. The number of rotatable bonds is 1. The molecule has 15 heavy (non-hydrogen) atoms. The Bertz CT molecular complexity index is 414. The molecule has 1 unspecified atom stereocenters. The van der Waals surface area contributed by atoms with Crippen molar-refractivity contribution < 1.29 is 9.53 Å². The van der Waals surface area contributed by atoms with E-state index in [4.69, 9.17) is 4.74 Å². The average Bonchev–Trinajstić information content (AvgIpc) is 2.52. The summed E-state index contributed by atoms with van der Waals surface area (Å²) in [5.74, 6) is 0. The fourth-order valence-electron chi connectivity index (χ4n) is 1.98. The van der Waals surface area contributed by atoms with Crippen molar-refractivity contribution in [3.05, 3.63) is 34.9 Å². The van der Waals surface area contributed by atoms with Gasteiger partial charge >= 0.3 is 6.09 Å². The first-order valence-electron chi connectivity index (χ1n) is 5.04. The second-order valence-electron chi connectivity index (χ2n) is 4.35. The highest BCUT2D eigenvalue weighted by atomic mass is 16.6. The van der Waals surface area contributed by atoms with Gasteiger partial charge in [0.25, 0.3) is 0 Å². The molecule has 1 aromatic carbocycles. The summed E-state index contributed by atoms with van der Waals surface area (Å²) in [6.07, 6.45) is -0.335. The monoisotopic (exact) mass is 205 g/mol. The molecule has 1 aromatic rings. The van der Waals surface area contributed by atoms with E-state index in [0.717, 1.165) is 5.56 Å². The SMILES string of the molecule is Cc1ccc(C)c(C2(C)COC(=O)N2)c1. The Balaban J connectivity index is 2.44. The third-order valence-corrected chi connectivity index (χ3v) is 2.86. The summed E-state index contributed by atoms with van der Waals surface area (Å²) in [7, 11) is 0. The normalized spacial score (nSPS) is 24.9. The molecule has 2 rings (SSSR count). The minimum atomic E-state index is -0.382. The molecule has 1 N–H and O–H groups in total. The standard InChI is InChI=1S/C12H15NO2/c1-8-4-5-9(2)10(6-8)12(3)7-15-11(14)13-12/h4-6H,7H2,1-3H3,(H,13,14). The molecule has 1 amide bonds. The summed E-state index contributed by atoms with van der Waals surface area (Å²) in [4.78, 5) is 11.1. The molecule has 1 aliphatic heterocycles. The molecular formula is C12H15NO2. The van der Waals surface area contributed by atoms with Gasteiger partial charge in [-0.1, -0.05) is 23.8 Å². The van der Waals surface area contributed by atoms with Crippen LogP contribution in [-0.4, -0.2) is 12.7 Å². The highest BCUT2D eigenvalue weighted by Gasteiger charge is 2.37. The van der Waals surface area contributed by atoms with Crippen LogP contribution in [0.3, 0.4) is 0 Å². The van der Waals surface area contributed by atoms with E-state index >= 15 is 0 Å². The molecule has 0 radical (unpaired) electrons. The Kier molecular flexibility index (Phi) is 2.18. The first-order chi connectivity index (χ1) is 7.01. The van der Waals surface area contributed by atoms with Gasteiger partial charge in [-0.05, 0) is 31.9 Å². The summed E-state index contributed by atoms with van der Waals surface area (Å²) >= 11 is 0. The quantitative estimate of drug-likeness (QED) is 0.763. The van der Waals surface area contributed by atoms with Gasteiger partial charge in [0.1, 0.15) is 12.1 Å². The number of benzene rings is 1. The van der Waals surface area contributed by atoms with Crippen molar-refractivity contribution in [1.82, 2.24) is 5.32 Å². The van der Waals surface area contributed by atoms with Crippen molar-refractivity contribution in [2.45, 2.75) is 26.3 Å². The van der Waals surface area contributed by atoms with Gasteiger partial charge in [-0.25, -0.2) is 4.79 Å². The number of ether oxygens (including phenoxy) is 1.